The van der Waals surface area contributed by atoms with Crippen LogP contribution in [0.1, 0.15) is 61.2 Å². The fourth-order valence-electron chi connectivity index (χ4n) is 4.95. The number of H-pyrrole nitrogens is 1. The Bertz CT molecular complexity index is 1030. The molecule has 1 saturated heterocycles. The molecule has 0 bridgehead atoms. The largest absolute Gasteiger partial charge is 0.494 e. The second kappa shape index (κ2) is 9.06. The van der Waals surface area contributed by atoms with E-state index < -0.39 is 0 Å². The second-order valence-corrected chi connectivity index (χ2v) is 9.31. The van der Waals surface area contributed by atoms with E-state index in [1.807, 2.05) is 24.0 Å². The molecule has 170 valence electrons. The summed E-state index contributed by atoms with van der Waals surface area (Å²) >= 11 is 0. The number of aromatic amines is 1. The van der Waals surface area contributed by atoms with Gasteiger partial charge in [-0.3, -0.25) is 14.5 Å². The lowest BCUT2D eigenvalue weighted by molar-refractivity contribution is -0.133. The topological polar surface area (TPSA) is 78.5 Å². The second-order valence-electron chi connectivity index (χ2n) is 9.31. The predicted molar refractivity (Wildman–Crippen MR) is 122 cm³/mol. The zero-order chi connectivity index (χ0) is 22.1. The number of nitrogens with zero attached hydrogens (tertiary/aromatic N) is 3. The van der Waals surface area contributed by atoms with E-state index in [0.717, 1.165) is 62.6 Å². The number of ether oxygens (including phenoxy) is 1. The maximum absolute atomic E-state index is 12.9. The van der Waals surface area contributed by atoms with Gasteiger partial charge in [0, 0.05) is 37.9 Å². The maximum atomic E-state index is 12.9. The number of nitrogens with one attached hydrogen (secondary N) is 1. The van der Waals surface area contributed by atoms with Crippen molar-refractivity contribution in [1.29, 1.82) is 0 Å². The fraction of sp³-hybridized carbons (Fsp3) is 0.560. The Hall–Kier alpha value is -2.67. The number of carbonyl (C=O) groups is 1. The van der Waals surface area contributed by atoms with Crippen molar-refractivity contribution in [3.63, 3.8) is 0 Å². The quantitative estimate of drug-likeness (QED) is 0.753. The highest BCUT2D eigenvalue weighted by Crippen LogP contribution is 2.32. The molecule has 1 amide bonds. The summed E-state index contributed by atoms with van der Waals surface area (Å²) in [5, 5.41) is 0. The van der Waals surface area contributed by atoms with E-state index in [9.17, 15) is 9.59 Å². The number of benzene rings is 1. The average Bonchev–Trinajstić information content (AvgIpc) is 3.66. The zero-order valence-corrected chi connectivity index (χ0v) is 18.8. The minimum Gasteiger partial charge on any atom is -0.494 e. The van der Waals surface area contributed by atoms with Gasteiger partial charge in [-0.05, 0) is 56.8 Å². The summed E-state index contributed by atoms with van der Waals surface area (Å²) in [6.45, 7) is 6.57. The molecule has 2 aliphatic heterocycles. The zero-order valence-electron chi connectivity index (χ0n) is 18.8. The summed E-state index contributed by atoms with van der Waals surface area (Å²) in [6.07, 6.45) is 4.78. The summed E-state index contributed by atoms with van der Waals surface area (Å²) in [4.78, 5) is 37.5. The van der Waals surface area contributed by atoms with Crippen LogP contribution in [0.2, 0.25) is 0 Å². The third-order valence-electron chi connectivity index (χ3n) is 6.86. The summed E-state index contributed by atoms with van der Waals surface area (Å²) in [5.74, 6) is 2.34. The van der Waals surface area contributed by atoms with Gasteiger partial charge in [-0.2, -0.15) is 0 Å². The number of aromatic nitrogens is 2. The smallest absolute Gasteiger partial charge is 0.256 e. The minimum absolute atomic E-state index is 0.0677. The highest BCUT2D eigenvalue weighted by molar-refractivity contribution is 5.81. The van der Waals surface area contributed by atoms with Gasteiger partial charge in [-0.25, -0.2) is 4.98 Å². The summed E-state index contributed by atoms with van der Waals surface area (Å²) < 4.78 is 5.54. The highest BCUT2D eigenvalue weighted by atomic mass is 16.5. The Morgan fingerprint density at radius 3 is 2.75 bits per heavy atom. The van der Waals surface area contributed by atoms with E-state index in [1.54, 1.807) is 0 Å². The molecule has 2 fully saturated rings. The number of likely N-dealkylation sites (tertiary alicyclic amines) is 1. The molecule has 3 heterocycles. The van der Waals surface area contributed by atoms with Crippen molar-refractivity contribution in [2.75, 3.05) is 26.2 Å². The van der Waals surface area contributed by atoms with Crippen LogP contribution in [0.25, 0.3) is 0 Å². The number of hydrogen-bond donors (Lipinski definition) is 1. The van der Waals surface area contributed by atoms with Gasteiger partial charge in [0.2, 0.25) is 5.91 Å². The number of hydrogen-bond acceptors (Lipinski definition) is 5. The lowest BCUT2D eigenvalue weighted by atomic mass is 9.96. The molecule has 7 nitrogen and oxygen atoms in total. The Morgan fingerprint density at radius 2 is 2.00 bits per heavy atom. The molecule has 1 atom stereocenters. The standard InChI is InChI=1S/C25H32N4O3/c1-2-32-20-9-5-17(6-10-20)14-28-12-3-4-19(15-28)23-26-22-11-13-29(25(31)18-7-8-18)16-21(22)24(30)27-23/h5-6,9-10,18-19H,2-4,7-8,11-16H2,1H3,(H,26,27,30). The van der Waals surface area contributed by atoms with Crippen LogP contribution in [0.4, 0.5) is 0 Å². The van der Waals surface area contributed by atoms with E-state index in [4.69, 9.17) is 9.72 Å². The SMILES string of the molecule is CCOc1ccc(CN2CCCC(c3nc4c(c(=O)[nH]3)CN(C(=O)C3CC3)CC4)C2)cc1. The Labute approximate surface area is 188 Å². The lowest BCUT2D eigenvalue weighted by Gasteiger charge is -2.33. The molecule has 2 aromatic rings. The molecule has 32 heavy (non-hydrogen) atoms. The Kier molecular flexibility index (Phi) is 6.00. The maximum Gasteiger partial charge on any atom is 0.256 e. The van der Waals surface area contributed by atoms with Gasteiger partial charge in [0.15, 0.2) is 0 Å². The molecule has 0 radical (unpaired) electrons. The van der Waals surface area contributed by atoms with Gasteiger partial charge in [-0.1, -0.05) is 12.1 Å². The van der Waals surface area contributed by atoms with Crippen molar-refractivity contribution in [3.05, 3.63) is 57.3 Å². The number of amides is 1. The molecule has 3 aliphatic rings. The van der Waals surface area contributed by atoms with Crippen LogP contribution in [0.3, 0.4) is 0 Å². The number of rotatable bonds is 6. The number of carbonyl (C=O) groups excluding carboxylic acids is 1. The molecule has 0 spiro atoms. The van der Waals surface area contributed by atoms with Crippen LogP contribution in [0, 0.1) is 5.92 Å². The van der Waals surface area contributed by atoms with Gasteiger partial charge in [0.1, 0.15) is 11.6 Å². The van der Waals surface area contributed by atoms with Gasteiger partial charge in [0.25, 0.3) is 5.56 Å². The Balaban J connectivity index is 1.26. The lowest BCUT2D eigenvalue weighted by Crippen LogP contribution is -2.41. The minimum atomic E-state index is -0.0677. The Morgan fingerprint density at radius 1 is 1.19 bits per heavy atom. The van der Waals surface area contributed by atoms with Crippen molar-refractivity contribution in [1.82, 2.24) is 19.8 Å². The van der Waals surface area contributed by atoms with Gasteiger partial charge < -0.3 is 14.6 Å². The van der Waals surface area contributed by atoms with E-state index in [0.29, 0.717) is 31.7 Å². The molecule has 1 aromatic heterocycles. The molecular formula is C25H32N4O3. The molecule has 1 unspecified atom stereocenters. The van der Waals surface area contributed by atoms with Crippen LogP contribution in [0.5, 0.6) is 5.75 Å². The van der Waals surface area contributed by atoms with Crippen LogP contribution >= 0.6 is 0 Å². The summed E-state index contributed by atoms with van der Waals surface area (Å²) in [6, 6.07) is 8.31. The molecule has 1 N–H and O–H groups in total. The van der Waals surface area contributed by atoms with Crippen LogP contribution in [-0.4, -0.2) is 51.9 Å². The van der Waals surface area contributed by atoms with E-state index >= 15 is 0 Å². The van der Waals surface area contributed by atoms with E-state index in [-0.39, 0.29) is 23.3 Å². The van der Waals surface area contributed by atoms with Crippen molar-refractivity contribution in [2.24, 2.45) is 5.92 Å². The first-order chi connectivity index (χ1) is 15.6. The van der Waals surface area contributed by atoms with Crippen LogP contribution in [-0.2, 0) is 24.3 Å². The first kappa shape index (κ1) is 21.2. The van der Waals surface area contributed by atoms with E-state index in [2.05, 4.69) is 22.0 Å². The molecule has 5 rings (SSSR count). The fourth-order valence-corrected chi connectivity index (χ4v) is 4.95. The third-order valence-corrected chi connectivity index (χ3v) is 6.86. The van der Waals surface area contributed by atoms with Crippen molar-refractivity contribution in [3.8, 4) is 5.75 Å². The monoisotopic (exact) mass is 436 g/mol. The third kappa shape index (κ3) is 4.58. The van der Waals surface area contributed by atoms with Crippen LogP contribution < -0.4 is 10.3 Å². The molecule has 1 aliphatic carbocycles. The van der Waals surface area contributed by atoms with Gasteiger partial charge >= 0.3 is 0 Å². The normalized spacial score (nSPS) is 21.3. The average molecular weight is 437 g/mol. The van der Waals surface area contributed by atoms with Crippen LogP contribution in [0.15, 0.2) is 29.1 Å². The molecule has 1 saturated carbocycles. The first-order valence-electron chi connectivity index (χ1n) is 12.0. The first-order valence-corrected chi connectivity index (χ1v) is 12.0. The van der Waals surface area contributed by atoms with Crippen molar-refractivity contribution >= 4 is 5.91 Å². The van der Waals surface area contributed by atoms with Gasteiger partial charge in [0.05, 0.1) is 24.4 Å². The van der Waals surface area contributed by atoms with Crippen molar-refractivity contribution < 1.29 is 9.53 Å². The number of piperidine rings is 1. The molecule has 7 heteroatoms. The number of fused-ring (bicyclic) bond motifs is 1. The molecule has 1 aromatic carbocycles. The highest BCUT2D eigenvalue weighted by Gasteiger charge is 2.35. The van der Waals surface area contributed by atoms with E-state index in [1.165, 1.54) is 5.56 Å². The predicted octanol–water partition coefficient (Wildman–Crippen LogP) is 2.84. The molecular weight excluding hydrogens is 404 g/mol. The van der Waals surface area contributed by atoms with Gasteiger partial charge in [-0.15, -0.1) is 0 Å². The summed E-state index contributed by atoms with van der Waals surface area (Å²) in [7, 11) is 0. The summed E-state index contributed by atoms with van der Waals surface area (Å²) in [5.41, 5.74) is 2.76. The van der Waals surface area contributed by atoms with Crippen molar-refractivity contribution in [2.45, 2.75) is 58.0 Å².